The van der Waals surface area contributed by atoms with Crippen molar-refractivity contribution in [3.8, 4) is 22.6 Å². The lowest BCUT2D eigenvalue weighted by Crippen LogP contribution is -1.97. The van der Waals surface area contributed by atoms with Crippen molar-refractivity contribution >= 4 is 0 Å². The van der Waals surface area contributed by atoms with Crippen LogP contribution in [-0.2, 0) is 6.42 Å². The molecule has 100 valence electrons. The summed E-state index contributed by atoms with van der Waals surface area (Å²) < 4.78 is 10.9. The Balaban J connectivity index is 2.61. The molecule has 0 aliphatic heterocycles. The Bertz CT molecular complexity index is 573. The molecule has 0 saturated carbocycles. The lowest BCUT2D eigenvalue weighted by Gasteiger charge is -2.15. The molecule has 0 spiro atoms. The predicted octanol–water partition coefficient (Wildman–Crippen LogP) is 4.24. The minimum Gasteiger partial charge on any atom is -0.497 e. The molecule has 2 heteroatoms. The highest BCUT2D eigenvalue weighted by molar-refractivity contribution is 5.72. The maximum absolute atomic E-state index is 5.55. The van der Waals surface area contributed by atoms with Gasteiger partial charge in [0.25, 0.3) is 0 Å². The minimum absolute atomic E-state index is 0.874. The Morgan fingerprint density at radius 3 is 2.42 bits per heavy atom. The minimum atomic E-state index is 0.874. The first-order chi connectivity index (χ1) is 9.21. The van der Waals surface area contributed by atoms with Gasteiger partial charge in [-0.05, 0) is 42.2 Å². The van der Waals surface area contributed by atoms with Gasteiger partial charge in [0, 0.05) is 5.56 Å². The van der Waals surface area contributed by atoms with Crippen LogP contribution >= 0.6 is 0 Å². The Hall–Kier alpha value is -1.96. The van der Waals surface area contributed by atoms with Crippen LogP contribution in [0.2, 0.25) is 0 Å². The van der Waals surface area contributed by atoms with Gasteiger partial charge in [-0.25, -0.2) is 0 Å². The highest BCUT2D eigenvalue weighted by Crippen LogP contribution is 2.34. The number of hydrogen-bond donors (Lipinski definition) is 0. The molecule has 0 aliphatic carbocycles. The van der Waals surface area contributed by atoms with Crippen molar-refractivity contribution in [3.05, 3.63) is 47.5 Å². The number of methoxy groups -OCH3 is 2. The van der Waals surface area contributed by atoms with E-state index >= 15 is 0 Å². The van der Waals surface area contributed by atoms with Crippen molar-refractivity contribution in [2.75, 3.05) is 14.2 Å². The van der Waals surface area contributed by atoms with E-state index in [0.29, 0.717) is 0 Å². The van der Waals surface area contributed by atoms with Crippen molar-refractivity contribution in [1.29, 1.82) is 0 Å². The second kappa shape index (κ2) is 5.79. The lowest BCUT2D eigenvalue weighted by molar-refractivity contribution is 0.407. The molecule has 0 atom stereocenters. The molecule has 0 aromatic heterocycles. The van der Waals surface area contributed by atoms with E-state index in [4.69, 9.17) is 9.47 Å². The summed E-state index contributed by atoms with van der Waals surface area (Å²) in [6.07, 6.45) is 0.942. The number of hydrogen-bond acceptors (Lipinski definition) is 2. The molecule has 2 nitrogen and oxygen atoms in total. The van der Waals surface area contributed by atoms with Crippen LogP contribution in [0.4, 0.5) is 0 Å². The predicted molar refractivity (Wildman–Crippen MR) is 79.1 cm³/mol. The Kier molecular flexibility index (Phi) is 4.10. The fourth-order valence-corrected chi connectivity index (χ4v) is 2.44. The number of ether oxygens (including phenoxy) is 2. The first-order valence-electron chi connectivity index (χ1n) is 6.52. The van der Waals surface area contributed by atoms with E-state index in [1.54, 1.807) is 14.2 Å². The fraction of sp³-hybridized carbons (Fsp3) is 0.294. The molecular formula is C17H20O2. The zero-order chi connectivity index (χ0) is 13.8. The topological polar surface area (TPSA) is 18.5 Å². The van der Waals surface area contributed by atoms with Crippen LogP contribution in [0.25, 0.3) is 11.1 Å². The van der Waals surface area contributed by atoms with Crippen LogP contribution < -0.4 is 9.47 Å². The van der Waals surface area contributed by atoms with Crippen LogP contribution in [0.15, 0.2) is 36.4 Å². The lowest BCUT2D eigenvalue weighted by atomic mass is 9.95. The van der Waals surface area contributed by atoms with Gasteiger partial charge in [0.1, 0.15) is 11.5 Å². The van der Waals surface area contributed by atoms with Crippen LogP contribution in [0, 0.1) is 6.92 Å². The number of aryl methyl sites for hydroxylation is 1. The normalized spacial score (nSPS) is 10.3. The van der Waals surface area contributed by atoms with Crippen molar-refractivity contribution < 1.29 is 9.47 Å². The molecule has 0 unspecified atom stereocenters. The third kappa shape index (κ3) is 2.58. The molecule has 0 aliphatic rings. The SMILES string of the molecule is CCc1c(-c2cccc(OC)c2)ccc(C)c1OC. The average molecular weight is 256 g/mol. The largest absolute Gasteiger partial charge is 0.497 e. The van der Waals surface area contributed by atoms with Crippen LogP contribution in [0.1, 0.15) is 18.1 Å². The van der Waals surface area contributed by atoms with Gasteiger partial charge in [-0.15, -0.1) is 0 Å². The van der Waals surface area contributed by atoms with Gasteiger partial charge in [-0.3, -0.25) is 0 Å². The van der Waals surface area contributed by atoms with E-state index in [1.807, 2.05) is 12.1 Å². The highest BCUT2D eigenvalue weighted by Gasteiger charge is 2.12. The van der Waals surface area contributed by atoms with E-state index in [1.165, 1.54) is 16.7 Å². The van der Waals surface area contributed by atoms with Crippen LogP contribution in [0.5, 0.6) is 11.5 Å². The summed E-state index contributed by atoms with van der Waals surface area (Å²) in [5.74, 6) is 1.86. The Morgan fingerprint density at radius 2 is 1.79 bits per heavy atom. The fourth-order valence-electron chi connectivity index (χ4n) is 2.44. The monoisotopic (exact) mass is 256 g/mol. The summed E-state index contributed by atoms with van der Waals surface area (Å²) in [6.45, 7) is 4.23. The number of benzene rings is 2. The molecule has 0 radical (unpaired) electrons. The van der Waals surface area contributed by atoms with Crippen molar-refractivity contribution in [3.63, 3.8) is 0 Å². The molecule has 0 N–H and O–H groups in total. The van der Waals surface area contributed by atoms with Gasteiger partial charge in [0.05, 0.1) is 14.2 Å². The molecule has 2 aromatic carbocycles. The van der Waals surface area contributed by atoms with Gasteiger partial charge < -0.3 is 9.47 Å². The summed E-state index contributed by atoms with van der Waals surface area (Å²) in [7, 11) is 3.42. The summed E-state index contributed by atoms with van der Waals surface area (Å²) in [5, 5.41) is 0. The standard InChI is InChI=1S/C17H20O2/c1-5-15-16(10-9-12(2)17(15)19-4)13-7-6-8-14(11-13)18-3/h6-11H,5H2,1-4H3. The van der Waals surface area contributed by atoms with Crippen LogP contribution in [0.3, 0.4) is 0 Å². The van der Waals surface area contributed by atoms with Crippen molar-refractivity contribution in [1.82, 2.24) is 0 Å². The third-order valence-corrected chi connectivity index (χ3v) is 3.40. The van der Waals surface area contributed by atoms with Gasteiger partial charge in [-0.2, -0.15) is 0 Å². The first-order valence-corrected chi connectivity index (χ1v) is 6.52. The molecule has 0 fully saturated rings. The zero-order valence-electron chi connectivity index (χ0n) is 12.0. The van der Waals surface area contributed by atoms with Gasteiger partial charge in [0.2, 0.25) is 0 Å². The average Bonchev–Trinajstić information content (AvgIpc) is 2.46. The maximum Gasteiger partial charge on any atom is 0.125 e. The summed E-state index contributed by atoms with van der Waals surface area (Å²) in [5.41, 5.74) is 4.79. The zero-order valence-corrected chi connectivity index (χ0v) is 12.0. The molecule has 2 aromatic rings. The molecule has 0 saturated heterocycles. The Morgan fingerprint density at radius 1 is 1.00 bits per heavy atom. The van der Waals surface area contributed by atoms with Gasteiger partial charge in [0.15, 0.2) is 0 Å². The van der Waals surface area contributed by atoms with E-state index in [9.17, 15) is 0 Å². The molecule has 0 heterocycles. The highest BCUT2D eigenvalue weighted by atomic mass is 16.5. The quantitative estimate of drug-likeness (QED) is 0.814. The maximum atomic E-state index is 5.55. The summed E-state index contributed by atoms with van der Waals surface area (Å²) in [4.78, 5) is 0. The van der Waals surface area contributed by atoms with Gasteiger partial charge in [-0.1, -0.05) is 31.2 Å². The van der Waals surface area contributed by atoms with E-state index < -0.39 is 0 Å². The Labute approximate surface area is 115 Å². The first kappa shape index (κ1) is 13.5. The van der Waals surface area contributed by atoms with Crippen molar-refractivity contribution in [2.45, 2.75) is 20.3 Å². The third-order valence-electron chi connectivity index (χ3n) is 3.40. The van der Waals surface area contributed by atoms with Crippen LogP contribution in [-0.4, -0.2) is 14.2 Å². The van der Waals surface area contributed by atoms with E-state index in [0.717, 1.165) is 23.5 Å². The van der Waals surface area contributed by atoms with E-state index in [-0.39, 0.29) is 0 Å². The van der Waals surface area contributed by atoms with Crippen molar-refractivity contribution in [2.24, 2.45) is 0 Å². The van der Waals surface area contributed by atoms with Gasteiger partial charge >= 0.3 is 0 Å². The smallest absolute Gasteiger partial charge is 0.125 e. The molecule has 19 heavy (non-hydrogen) atoms. The molecule has 0 amide bonds. The summed E-state index contributed by atoms with van der Waals surface area (Å²) in [6, 6.07) is 12.4. The van der Waals surface area contributed by atoms with E-state index in [2.05, 4.69) is 38.1 Å². The molecule has 2 rings (SSSR count). The molecule has 0 bridgehead atoms. The second-order valence-electron chi connectivity index (χ2n) is 4.53. The number of rotatable bonds is 4. The summed E-state index contributed by atoms with van der Waals surface area (Å²) >= 11 is 0. The second-order valence-corrected chi connectivity index (χ2v) is 4.53. The molecular weight excluding hydrogens is 236 g/mol.